The number of amides is 1. The van der Waals surface area contributed by atoms with Crippen molar-refractivity contribution in [3.05, 3.63) is 33.5 Å². The maximum Gasteiger partial charge on any atom is 0.254 e. The Morgan fingerprint density at radius 2 is 2.11 bits per heavy atom. The number of pyridine rings is 1. The van der Waals surface area contributed by atoms with Crippen LogP contribution in [0.3, 0.4) is 0 Å². The first-order chi connectivity index (χ1) is 8.47. The second-order valence-corrected chi connectivity index (χ2v) is 4.05. The summed E-state index contributed by atoms with van der Waals surface area (Å²) in [5, 5.41) is 0.321. The van der Waals surface area contributed by atoms with Crippen molar-refractivity contribution in [1.82, 2.24) is 14.5 Å². The Labute approximate surface area is 103 Å². The van der Waals surface area contributed by atoms with Gasteiger partial charge in [-0.2, -0.15) is 0 Å². The highest BCUT2D eigenvalue weighted by Crippen LogP contribution is 2.13. The molecule has 0 bridgehead atoms. The van der Waals surface area contributed by atoms with Crippen LogP contribution in [0.4, 0.5) is 0 Å². The van der Waals surface area contributed by atoms with Crippen LogP contribution in [0.2, 0.25) is 0 Å². The van der Waals surface area contributed by atoms with Crippen LogP contribution in [0.5, 0.6) is 0 Å². The topological polar surface area (TPSA) is 90.9 Å². The number of primary amides is 1. The van der Waals surface area contributed by atoms with E-state index in [2.05, 4.69) is 9.97 Å². The number of fused-ring (bicyclic) bond motifs is 1. The van der Waals surface area contributed by atoms with E-state index in [1.807, 2.05) is 6.92 Å². The van der Waals surface area contributed by atoms with Gasteiger partial charge in [-0.15, -0.1) is 0 Å². The summed E-state index contributed by atoms with van der Waals surface area (Å²) in [5.41, 5.74) is 5.96. The van der Waals surface area contributed by atoms with Crippen molar-refractivity contribution in [3.8, 4) is 0 Å². The molecule has 0 unspecified atom stereocenters. The predicted octanol–water partition coefficient (Wildman–Crippen LogP) is 0.527. The smallest absolute Gasteiger partial charge is 0.254 e. The summed E-state index contributed by atoms with van der Waals surface area (Å²) < 4.78 is 1.80. The van der Waals surface area contributed by atoms with Crippen molar-refractivity contribution in [2.24, 2.45) is 5.73 Å². The van der Waals surface area contributed by atoms with Crippen molar-refractivity contribution in [1.29, 1.82) is 0 Å². The van der Waals surface area contributed by atoms with Gasteiger partial charge < -0.3 is 10.3 Å². The first kappa shape index (κ1) is 12.2. The Morgan fingerprint density at radius 3 is 2.67 bits per heavy atom. The number of hydrogen-bond donors (Lipinski definition) is 1. The summed E-state index contributed by atoms with van der Waals surface area (Å²) in [5.74, 6) is -0.141. The molecule has 2 aromatic heterocycles. The molecule has 0 radical (unpaired) electrons. The van der Waals surface area contributed by atoms with Crippen LogP contribution in [0.25, 0.3) is 11.0 Å². The number of aryl methyl sites for hydroxylation is 2. The van der Waals surface area contributed by atoms with Gasteiger partial charge in [0.25, 0.3) is 5.91 Å². The van der Waals surface area contributed by atoms with E-state index in [0.29, 0.717) is 29.1 Å². The van der Waals surface area contributed by atoms with Crippen LogP contribution >= 0.6 is 0 Å². The van der Waals surface area contributed by atoms with Gasteiger partial charge in [-0.3, -0.25) is 9.59 Å². The fourth-order valence-electron chi connectivity index (χ4n) is 2.09. The summed E-state index contributed by atoms with van der Waals surface area (Å²) in [6.07, 6.45) is 1.44. The van der Waals surface area contributed by atoms with Gasteiger partial charge >= 0.3 is 0 Å². The van der Waals surface area contributed by atoms with Gasteiger partial charge in [0.2, 0.25) is 5.43 Å². The van der Waals surface area contributed by atoms with Crippen LogP contribution in [-0.4, -0.2) is 20.4 Å². The van der Waals surface area contributed by atoms with E-state index < -0.39 is 11.3 Å². The molecule has 2 rings (SSSR count). The molecular weight excluding hydrogens is 232 g/mol. The number of carbonyl (C=O) groups is 1. The number of rotatable bonds is 2. The molecule has 2 N–H and O–H groups in total. The Hall–Kier alpha value is -2.24. The van der Waals surface area contributed by atoms with Gasteiger partial charge in [0.05, 0.1) is 5.39 Å². The standard InChI is InChI=1S/C12H14N4O2/c1-4-16-6(2)9(11(13)18)10(17)8-5-14-7(3)15-12(8)16/h5H,4H2,1-3H3,(H2,13,18). The molecule has 18 heavy (non-hydrogen) atoms. The molecule has 0 aliphatic carbocycles. The molecule has 2 aromatic rings. The van der Waals surface area contributed by atoms with E-state index in [9.17, 15) is 9.59 Å². The third kappa shape index (κ3) is 1.66. The summed E-state index contributed by atoms with van der Waals surface area (Å²) in [4.78, 5) is 31.8. The fraction of sp³-hybridized carbons (Fsp3) is 0.333. The Kier molecular flexibility index (Phi) is 2.86. The minimum absolute atomic E-state index is 0.0109. The first-order valence-corrected chi connectivity index (χ1v) is 5.64. The van der Waals surface area contributed by atoms with E-state index in [1.165, 1.54) is 6.20 Å². The molecule has 2 heterocycles. The number of carbonyl (C=O) groups excluding carboxylic acids is 1. The molecule has 0 saturated carbocycles. The highest BCUT2D eigenvalue weighted by atomic mass is 16.2. The highest BCUT2D eigenvalue weighted by molar-refractivity contribution is 5.97. The van der Waals surface area contributed by atoms with Gasteiger partial charge in [-0.05, 0) is 20.8 Å². The van der Waals surface area contributed by atoms with Crippen LogP contribution in [0.15, 0.2) is 11.0 Å². The zero-order valence-corrected chi connectivity index (χ0v) is 10.5. The van der Waals surface area contributed by atoms with Crippen LogP contribution in [-0.2, 0) is 6.54 Å². The molecular formula is C12H14N4O2. The van der Waals surface area contributed by atoms with Gasteiger partial charge in [0.15, 0.2) is 0 Å². The minimum Gasteiger partial charge on any atom is -0.365 e. The Balaban J connectivity index is 3.05. The second-order valence-electron chi connectivity index (χ2n) is 4.05. The third-order valence-electron chi connectivity index (χ3n) is 2.95. The van der Waals surface area contributed by atoms with Crippen molar-refractivity contribution in [3.63, 3.8) is 0 Å². The zero-order valence-electron chi connectivity index (χ0n) is 10.5. The first-order valence-electron chi connectivity index (χ1n) is 5.64. The Bertz CT molecular complexity index is 703. The molecule has 0 spiro atoms. The van der Waals surface area contributed by atoms with Crippen molar-refractivity contribution >= 4 is 16.9 Å². The number of aromatic nitrogens is 3. The lowest BCUT2D eigenvalue weighted by Crippen LogP contribution is -2.27. The zero-order chi connectivity index (χ0) is 13.4. The lowest BCUT2D eigenvalue weighted by Gasteiger charge is -2.14. The van der Waals surface area contributed by atoms with Gasteiger partial charge in [-0.1, -0.05) is 0 Å². The van der Waals surface area contributed by atoms with Crippen LogP contribution in [0.1, 0.15) is 28.8 Å². The molecule has 0 atom stereocenters. The van der Waals surface area contributed by atoms with E-state index >= 15 is 0 Å². The maximum atomic E-state index is 12.2. The SMILES string of the molecule is CCn1c(C)c(C(N)=O)c(=O)c2cnc(C)nc21. The lowest BCUT2D eigenvalue weighted by molar-refractivity contribution is 0.0998. The molecule has 94 valence electrons. The largest absolute Gasteiger partial charge is 0.365 e. The van der Waals surface area contributed by atoms with E-state index in [4.69, 9.17) is 5.73 Å². The molecule has 0 aliphatic rings. The third-order valence-corrected chi connectivity index (χ3v) is 2.95. The van der Waals surface area contributed by atoms with Gasteiger partial charge in [0.1, 0.15) is 17.0 Å². The average molecular weight is 246 g/mol. The molecule has 0 fully saturated rings. The molecule has 0 saturated heterocycles. The molecule has 6 nitrogen and oxygen atoms in total. The maximum absolute atomic E-state index is 12.2. The quantitative estimate of drug-likeness (QED) is 0.836. The monoisotopic (exact) mass is 246 g/mol. The van der Waals surface area contributed by atoms with E-state index in [0.717, 1.165) is 0 Å². The van der Waals surface area contributed by atoms with Gasteiger partial charge in [0, 0.05) is 18.4 Å². The average Bonchev–Trinajstić information content (AvgIpc) is 2.28. The minimum atomic E-state index is -0.720. The summed E-state index contributed by atoms with van der Waals surface area (Å²) in [6, 6.07) is 0. The number of hydrogen-bond acceptors (Lipinski definition) is 4. The van der Waals surface area contributed by atoms with Crippen LogP contribution < -0.4 is 11.2 Å². The highest BCUT2D eigenvalue weighted by Gasteiger charge is 2.18. The van der Waals surface area contributed by atoms with Crippen molar-refractivity contribution < 1.29 is 4.79 Å². The molecule has 1 amide bonds. The van der Waals surface area contributed by atoms with E-state index in [-0.39, 0.29) is 5.56 Å². The fourth-order valence-corrected chi connectivity index (χ4v) is 2.09. The summed E-state index contributed by atoms with van der Waals surface area (Å²) in [6.45, 7) is 5.96. The lowest BCUT2D eigenvalue weighted by atomic mass is 10.1. The predicted molar refractivity (Wildman–Crippen MR) is 67.5 cm³/mol. The normalized spacial score (nSPS) is 10.8. The molecule has 0 aliphatic heterocycles. The van der Waals surface area contributed by atoms with Crippen molar-refractivity contribution in [2.75, 3.05) is 0 Å². The number of nitrogens with zero attached hydrogens (tertiary/aromatic N) is 3. The summed E-state index contributed by atoms with van der Waals surface area (Å²) in [7, 11) is 0. The number of nitrogens with two attached hydrogens (primary N) is 1. The summed E-state index contributed by atoms with van der Waals surface area (Å²) >= 11 is 0. The van der Waals surface area contributed by atoms with E-state index in [1.54, 1.807) is 18.4 Å². The van der Waals surface area contributed by atoms with Crippen LogP contribution in [0, 0.1) is 13.8 Å². The Morgan fingerprint density at radius 1 is 1.44 bits per heavy atom. The molecule has 0 aromatic carbocycles. The second kappa shape index (κ2) is 4.21. The van der Waals surface area contributed by atoms with Gasteiger partial charge in [-0.25, -0.2) is 9.97 Å². The molecule has 6 heteroatoms. The van der Waals surface area contributed by atoms with Crippen molar-refractivity contribution in [2.45, 2.75) is 27.3 Å².